The summed E-state index contributed by atoms with van der Waals surface area (Å²) in [5.74, 6) is -0.107. The monoisotopic (exact) mass is 314 g/mol. The van der Waals surface area contributed by atoms with Crippen LogP contribution in [0.2, 0.25) is 0 Å². The summed E-state index contributed by atoms with van der Waals surface area (Å²) in [7, 11) is 0.527. The van der Waals surface area contributed by atoms with Crippen LogP contribution in [-0.4, -0.2) is 28.6 Å². The van der Waals surface area contributed by atoms with Crippen LogP contribution in [0.15, 0.2) is 42.5 Å². The van der Waals surface area contributed by atoms with Crippen LogP contribution >= 0.6 is 0 Å². The predicted octanol–water partition coefficient (Wildman–Crippen LogP) is 4.09. The number of rotatable bonds is 10. The minimum atomic E-state index is -0.107. The van der Waals surface area contributed by atoms with Gasteiger partial charge in [-0.15, -0.1) is 0 Å². The van der Waals surface area contributed by atoms with Crippen LogP contribution in [-0.2, 0) is 9.47 Å². The van der Waals surface area contributed by atoms with Crippen molar-refractivity contribution in [3.63, 3.8) is 0 Å². The molecule has 0 aromatic heterocycles. The summed E-state index contributed by atoms with van der Waals surface area (Å²) in [6, 6.07) is 15.0. The van der Waals surface area contributed by atoms with Gasteiger partial charge in [0.25, 0.3) is 0 Å². The van der Waals surface area contributed by atoms with Gasteiger partial charge in [0.05, 0.1) is 0 Å². The topological polar surface area (TPSA) is 18.5 Å². The van der Waals surface area contributed by atoms with Crippen molar-refractivity contribution in [1.29, 1.82) is 0 Å². The van der Waals surface area contributed by atoms with Crippen molar-refractivity contribution in [3.8, 4) is 0 Å². The molecule has 0 saturated heterocycles. The molecule has 118 valence electrons. The fraction of sp³-hybridized carbons (Fsp3) is 0.474. The zero-order valence-corrected chi connectivity index (χ0v) is 14.7. The van der Waals surface area contributed by atoms with Gasteiger partial charge in [-0.1, -0.05) is 74.3 Å². The molecular formula is C19H26O2Si. The van der Waals surface area contributed by atoms with Gasteiger partial charge in [0.1, 0.15) is 5.91 Å². The number of fused-ring (bicyclic) bond motifs is 1. The highest BCUT2D eigenvalue weighted by atomic mass is 28.2. The van der Waals surface area contributed by atoms with Gasteiger partial charge in [-0.3, -0.25) is 0 Å². The molecule has 0 spiro atoms. The smallest absolute Gasteiger partial charge is 0.157 e. The molecule has 0 unspecified atom stereocenters. The Labute approximate surface area is 136 Å². The van der Waals surface area contributed by atoms with Crippen LogP contribution in [0, 0.1) is 0 Å². The van der Waals surface area contributed by atoms with E-state index >= 15 is 0 Å². The van der Waals surface area contributed by atoms with Gasteiger partial charge in [0.15, 0.2) is 9.52 Å². The number of ether oxygens (including phenoxy) is 2. The third-order valence-corrected chi connectivity index (χ3v) is 4.91. The Hall–Kier alpha value is -1.16. The van der Waals surface area contributed by atoms with Crippen LogP contribution in [0.5, 0.6) is 0 Å². The first kappa shape index (κ1) is 17.2. The van der Waals surface area contributed by atoms with Crippen molar-refractivity contribution in [2.75, 3.05) is 13.2 Å². The third-order valence-electron chi connectivity index (χ3n) is 3.60. The third kappa shape index (κ3) is 5.23. The first-order valence-corrected chi connectivity index (χ1v) is 9.40. The van der Waals surface area contributed by atoms with Crippen molar-refractivity contribution in [1.82, 2.24) is 0 Å². The van der Waals surface area contributed by atoms with Crippen molar-refractivity contribution in [2.45, 2.75) is 45.4 Å². The largest absolute Gasteiger partial charge is 0.357 e. The van der Waals surface area contributed by atoms with Crippen LogP contribution in [0.4, 0.5) is 0 Å². The molecule has 0 fully saturated rings. The molecule has 2 aromatic carbocycles. The van der Waals surface area contributed by atoms with Crippen LogP contribution in [0.1, 0.15) is 39.5 Å². The van der Waals surface area contributed by atoms with Crippen molar-refractivity contribution < 1.29 is 9.47 Å². The molecule has 2 aromatic rings. The van der Waals surface area contributed by atoms with Crippen LogP contribution in [0.3, 0.4) is 0 Å². The van der Waals surface area contributed by atoms with E-state index in [-0.39, 0.29) is 5.91 Å². The molecule has 0 heterocycles. The van der Waals surface area contributed by atoms with E-state index in [2.05, 4.69) is 56.3 Å². The fourth-order valence-corrected chi connectivity index (χ4v) is 3.51. The predicted molar refractivity (Wildman–Crippen MR) is 94.8 cm³/mol. The van der Waals surface area contributed by atoms with E-state index in [0.717, 1.165) is 38.9 Å². The van der Waals surface area contributed by atoms with Gasteiger partial charge in [0, 0.05) is 13.2 Å². The lowest BCUT2D eigenvalue weighted by molar-refractivity contribution is -0.0910. The molecule has 0 saturated carbocycles. The Balaban J connectivity index is 2.06. The van der Waals surface area contributed by atoms with E-state index in [4.69, 9.17) is 9.47 Å². The second-order valence-electron chi connectivity index (χ2n) is 5.45. The Bertz CT molecular complexity index is 541. The maximum Gasteiger partial charge on any atom is 0.157 e. The molecule has 2 rings (SSSR count). The summed E-state index contributed by atoms with van der Waals surface area (Å²) >= 11 is 0. The standard InChI is InChI=1S/C19H26O2Si/c1-3-5-14-20-19(21-15-6-4-2)22-18-13-9-11-16-10-7-8-12-17(16)18/h7-13,19H,3-6,14-15H2,1-2H3. The minimum Gasteiger partial charge on any atom is -0.357 e. The highest BCUT2D eigenvalue weighted by Gasteiger charge is 2.14. The van der Waals surface area contributed by atoms with E-state index in [1.165, 1.54) is 16.0 Å². The quantitative estimate of drug-likeness (QED) is 0.374. The Morgan fingerprint density at radius 2 is 1.50 bits per heavy atom. The summed E-state index contributed by atoms with van der Waals surface area (Å²) in [5.41, 5.74) is 0. The lowest BCUT2D eigenvalue weighted by atomic mass is 10.1. The van der Waals surface area contributed by atoms with Crippen molar-refractivity contribution >= 4 is 25.5 Å². The van der Waals surface area contributed by atoms with Crippen LogP contribution < -0.4 is 5.19 Å². The Morgan fingerprint density at radius 1 is 0.864 bits per heavy atom. The zero-order chi connectivity index (χ0) is 15.6. The Morgan fingerprint density at radius 3 is 2.18 bits per heavy atom. The first-order chi connectivity index (χ1) is 10.8. The van der Waals surface area contributed by atoms with Gasteiger partial charge in [-0.25, -0.2) is 0 Å². The molecule has 0 aliphatic heterocycles. The average Bonchev–Trinajstić information content (AvgIpc) is 2.55. The minimum absolute atomic E-state index is 0.107. The van der Waals surface area contributed by atoms with Gasteiger partial charge in [-0.2, -0.15) is 0 Å². The fourth-order valence-electron chi connectivity index (χ4n) is 2.28. The van der Waals surface area contributed by atoms with Crippen molar-refractivity contribution in [3.05, 3.63) is 42.5 Å². The number of unbranched alkanes of at least 4 members (excludes halogenated alkanes) is 2. The van der Waals surface area contributed by atoms with Gasteiger partial charge >= 0.3 is 0 Å². The summed E-state index contributed by atoms with van der Waals surface area (Å²) in [6.45, 7) is 5.93. The van der Waals surface area contributed by atoms with Crippen molar-refractivity contribution in [2.24, 2.45) is 0 Å². The summed E-state index contributed by atoms with van der Waals surface area (Å²) < 4.78 is 11.9. The summed E-state index contributed by atoms with van der Waals surface area (Å²) in [4.78, 5) is 0. The molecule has 2 nitrogen and oxygen atoms in total. The molecule has 2 radical (unpaired) electrons. The molecule has 0 N–H and O–H groups in total. The second kappa shape index (κ2) is 9.77. The lowest BCUT2D eigenvalue weighted by Crippen LogP contribution is -2.34. The van der Waals surface area contributed by atoms with Gasteiger partial charge < -0.3 is 9.47 Å². The highest BCUT2D eigenvalue weighted by molar-refractivity contribution is 6.57. The average molecular weight is 315 g/mol. The maximum atomic E-state index is 5.97. The van der Waals surface area contributed by atoms with E-state index in [9.17, 15) is 0 Å². The molecule has 0 bridgehead atoms. The molecule has 0 amide bonds. The molecule has 22 heavy (non-hydrogen) atoms. The normalized spacial score (nSPS) is 11.4. The van der Waals surface area contributed by atoms with E-state index in [0.29, 0.717) is 9.52 Å². The molecular weight excluding hydrogens is 288 g/mol. The highest BCUT2D eigenvalue weighted by Crippen LogP contribution is 2.11. The van der Waals surface area contributed by atoms with Gasteiger partial charge in [0.2, 0.25) is 0 Å². The molecule has 0 aliphatic carbocycles. The molecule has 0 atom stereocenters. The number of hydrogen-bond donors (Lipinski definition) is 0. The zero-order valence-electron chi connectivity index (χ0n) is 13.7. The van der Waals surface area contributed by atoms with Crippen LogP contribution in [0.25, 0.3) is 10.8 Å². The SMILES string of the molecule is CCCCOC(OCCCC)[Si]c1cccc2ccccc12. The second-order valence-corrected chi connectivity index (χ2v) is 6.75. The van der Waals surface area contributed by atoms with E-state index in [1.807, 2.05) is 0 Å². The Kier molecular flexibility index (Phi) is 7.64. The summed E-state index contributed by atoms with van der Waals surface area (Å²) in [5, 5.41) is 3.93. The van der Waals surface area contributed by atoms with Gasteiger partial charge in [-0.05, 0) is 23.6 Å². The summed E-state index contributed by atoms with van der Waals surface area (Å²) in [6.07, 6.45) is 4.49. The number of benzene rings is 2. The molecule has 0 aliphatic rings. The van der Waals surface area contributed by atoms with E-state index < -0.39 is 0 Å². The van der Waals surface area contributed by atoms with E-state index in [1.54, 1.807) is 0 Å². The molecule has 3 heteroatoms. The lowest BCUT2D eigenvalue weighted by Gasteiger charge is -2.19. The first-order valence-electron chi connectivity index (χ1n) is 8.32. The number of hydrogen-bond acceptors (Lipinski definition) is 2. The maximum absolute atomic E-state index is 5.97.